The number of rotatable bonds is 10. The van der Waals surface area contributed by atoms with E-state index in [0.717, 1.165) is 5.52 Å². The van der Waals surface area contributed by atoms with Gasteiger partial charge in [-0.15, -0.1) is 5.10 Å². The molecule has 0 aliphatic heterocycles. The van der Waals surface area contributed by atoms with Gasteiger partial charge in [0.1, 0.15) is 23.9 Å². The van der Waals surface area contributed by atoms with Crippen molar-refractivity contribution in [2.45, 2.75) is 12.6 Å². The monoisotopic (exact) mass is 474 g/mol. The summed E-state index contributed by atoms with van der Waals surface area (Å²) in [6, 6.07) is 16.9. The first-order chi connectivity index (χ1) is 17.1. The van der Waals surface area contributed by atoms with Gasteiger partial charge in [-0.1, -0.05) is 23.4 Å². The normalized spacial score (nSPS) is 11.7. The highest BCUT2D eigenvalue weighted by Crippen LogP contribution is 2.30. The molecule has 0 radical (unpaired) electrons. The lowest BCUT2D eigenvalue weighted by Gasteiger charge is -2.31. The maximum absolute atomic E-state index is 13.8. The molecule has 2 amide bonds. The van der Waals surface area contributed by atoms with Crippen molar-refractivity contribution in [1.82, 2.24) is 25.3 Å². The lowest BCUT2D eigenvalue weighted by atomic mass is 10.0. The average molecular weight is 475 g/mol. The van der Waals surface area contributed by atoms with Gasteiger partial charge in [-0.3, -0.25) is 19.5 Å². The summed E-state index contributed by atoms with van der Waals surface area (Å²) in [6.45, 7) is 0.520. The van der Waals surface area contributed by atoms with Gasteiger partial charge in [0.25, 0.3) is 0 Å². The van der Waals surface area contributed by atoms with Crippen LogP contribution in [0.4, 0.5) is 5.69 Å². The number of aromatic nitrogens is 4. The summed E-state index contributed by atoms with van der Waals surface area (Å²) in [4.78, 5) is 32.9. The Morgan fingerprint density at radius 1 is 1.06 bits per heavy atom. The fourth-order valence-corrected chi connectivity index (χ4v) is 3.75. The number of nitrogens with zero attached hydrogens (tertiary/aromatic N) is 5. The van der Waals surface area contributed by atoms with Crippen molar-refractivity contribution in [3.8, 4) is 5.75 Å². The van der Waals surface area contributed by atoms with Gasteiger partial charge in [0, 0.05) is 37.3 Å². The molecule has 0 fully saturated rings. The number of ether oxygens (including phenoxy) is 2. The van der Waals surface area contributed by atoms with Crippen molar-refractivity contribution in [3.05, 3.63) is 78.6 Å². The number of hydrogen-bond acceptors (Lipinski definition) is 7. The van der Waals surface area contributed by atoms with E-state index in [1.54, 1.807) is 63.0 Å². The molecule has 0 aliphatic carbocycles. The van der Waals surface area contributed by atoms with Crippen LogP contribution in [-0.4, -0.2) is 59.2 Å². The molecule has 180 valence electrons. The molecule has 10 heteroatoms. The Kier molecular flexibility index (Phi) is 7.63. The number of nitrogens with one attached hydrogen (secondary N) is 1. The van der Waals surface area contributed by atoms with Crippen LogP contribution in [0.3, 0.4) is 0 Å². The third-order valence-electron chi connectivity index (χ3n) is 5.44. The molecule has 35 heavy (non-hydrogen) atoms. The third kappa shape index (κ3) is 5.44. The lowest BCUT2D eigenvalue weighted by Crippen LogP contribution is -2.46. The second kappa shape index (κ2) is 11.2. The Morgan fingerprint density at radius 2 is 1.86 bits per heavy atom. The zero-order chi connectivity index (χ0) is 24.6. The van der Waals surface area contributed by atoms with E-state index in [-0.39, 0.29) is 18.4 Å². The molecule has 1 N–H and O–H groups in total. The standard InChI is InChI=1S/C25H26N6O4/c1-34-15-14-27-25(33)24(18-6-5-13-26-16-18)31(19-9-11-20(35-2)12-10-19)23(32)17-30-22-8-4-3-7-21(22)28-29-30/h3-13,16,24H,14-15,17H2,1-2H3,(H,27,33)/t24-/m1/s1. The maximum atomic E-state index is 13.8. The predicted molar refractivity (Wildman–Crippen MR) is 130 cm³/mol. The quantitative estimate of drug-likeness (QED) is 0.351. The Balaban J connectivity index is 1.75. The van der Waals surface area contributed by atoms with Crippen molar-refractivity contribution in [2.24, 2.45) is 0 Å². The van der Waals surface area contributed by atoms with Gasteiger partial charge in [-0.2, -0.15) is 0 Å². The molecule has 0 saturated carbocycles. The highest BCUT2D eigenvalue weighted by molar-refractivity contribution is 6.01. The van der Waals surface area contributed by atoms with E-state index in [1.165, 1.54) is 9.58 Å². The highest BCUT2D eigenvalue weighted by atomic mass is 16.5. The van der Waals surface area contributed by atoms with Gasteiger partial charge in [0.2, 0.25) is 11.8 Å². The number of benzene rings is 2. The fraction of sp³-hybridized carbons (Fsp3) is 0.240. The Bertz CT molecular complexity index is 1280. The molecule has 0 spiro atoms. The van der Waals surface area contributed by atoms with Gasteiger partial charge in [-0.05, 0) is 42.5 Å². The first-order valence-corrected chi connectivity index (χ1v) is 11.0. The Hall–Kier alpha value is -4.31. The number of methoxy groups -OCH3 is 2. The van der Waals surface area contributed by atoms with E-state index < -0.39 is 6.04 Å². The smallest absolute Gasteiger partial charge is 0.249 e. The van der Waals surface area contributed by atoms with E-state index in [9.17, 15) is 9.59 Å². The van der Waals surface area contributed by atoms with Crippen molar-refractivity contribution < 1.29 is 19.1 Å². The van der Waals surface area contributed by atoms with Crippen LogP contribution in [0, 0.1) is 0 Å². The number of hydrogen-bond donors (Lipinski definition) is 1. The van der Waals surface area contributed by atoms with Gasteiger partial charge < -0.3 is 14.8 Å². The van der Waals surface area contributed by atoms with Crippen molar-refractivity contribution in [1.29, 1.82) is 0 Å². The summed E-state index contributed by atoms with van der Waals surface area (Å²) < 4.78 is 11.9. The summed E-state index contributed by atoms with van der Waals surface area (Å²) in [7, 11) is 3.12. The molecule has 0 bridgehead atoms. The van der Waals surface area contributed by atoms with Gasteiger partial charge in [0.15, 0.2) is 0 Å². The maximum Gasteiger partial charge on any atom is 0.249 e. The molecule has 0 saturated heterocycles. The minimum absolute atomic E-state index is 0.116. The number of para-hydroxylation sites is 1. The first-order valence-electron chi connectivity index (χ1n) is 11.0. The largest absolute Gasteiger partial charge is 0.497 e. The van der Waals surface area contributed by atoms with Crippen LogP contribution in [0.15, 0.2) is 73.1 Å². The molecule has 0 unspecified atom stereocenters. The summed E-state index contributed by atoms with van der Waals surface area (Å²) >= 11 is 0. The van der Waals surface area contributed by atoms with Crippen molar-refractivity contribution >= 4 is 28.5 Å². The van der Waals surface area contributed by atoms with Crippen LogP contribution in [-0.2, 0) is 20.9 Å². The van der Waals surface area contributed by atoms with Gasteiger partial charge >= 0.3 is 0 Å². The van der Waals surface area contributed by atoms with Crippen LogP contribution in [0.1, 0.15) is 11.6 Å². The molecule has 2 aromatic heterocycles. The SMILES string of the molecule is COCCNC(=O)[C@@H](c1cccnc1)N(C(=O)Cn1nnc2ccccc21)c1ccc(OC)cc1. The molecule has 4 aromatic rings. The molecule has 2 aromatic carbocycles. The van der Waals surface area contributed by atoms with E-state index in [0.29, 0.717) is 35.7 Å². The number of fused-ring (bicyclic) bond motifs is 1. The van der Waals surface area contributed by atoms with Crippen molar-refractivity contribution in [2.75, 3.05) is 32.3 Å². The summed E-state index contributed by atoms with van der Waals surface area (Å²) in [5.74, 6) is -0.0740. The number of anilines is 1. The minimum atomic E-state index is -0.976. The van der Waals surface area contributed by atoms with Crippen LogP contribution in [0.25, 0.3) is 11.0 Å². The topological polar surface area (TPSA) is 111 Å². The second-order valence-corrected chi connectivity index (χ2v) is 7.67. The second-order valence-electron chi connectivity index (χ2n) is 7.67. The van der Waals surface area contributed by atoms with Crippen LogP contribution in [0.2, 0.25) is 0 Å². The Labute approximate surface area is 202 Å². The lowest BCUT2D eigenvalue weighted by molar-refractivity contribution is -0.127. The molecular formula is C25H26N6O4. The summed E-state index contributed by atoms with van der Waals surface area (Å²) in [5, 5.41) is 11.1. The van der Waals surface area contributed by atoms with Gasteiger partial charge in [-0.25, -0.2) is 4.68 Å². The first kappa shape index (κ1) is 23.8. The highest BCUT2D eigenvalue weighted by Gasteiger charge is 2.33. The van der Waals surface area contributed by atoms with Crippen LogP contribution < -0.4 is 15.0 Å². The van der Waals surface area contributed by atoms with E-state index in [4.69, 9.17) is 9.47 Å². The zero-order valence-corrected chi connectivity index (χ0v) is 19.5. The third-order valence-corrected chi connectivity index (χ3v) is 5.44. The summed E-state index contributed by atoms with van der Waals surface area (Å²) in [5.41, 5.74) is 2.49. The van der Waals surface area contributed by atoms with E-state index >= 15 is 0 Å². The average Bonchev–Trinajstić information content (AvgIpc) is 3.30. The fourth-order valence-electron chi connectivity index (χ4n) is 3.75. The number of carbonyl (C=O) groups is 2. The van der Waals surface area contributed by atoms with Crippen LogP contribution >= 0.6 is 0 Å². The van der Waals surface area contributed by atoms with Crippen LogP contribution in [0.5, 0.6) is 5.75 Å². The molecule has 2 heterocycles. The number of carbonyl (C=O) groups excluding carboxylic acids is 2. The zero-order valence-electron chi connectivity index (χ0n) is 19.5. The number of amides is 2. The Morgan fingerprint density at radius 3 is 2.57 bits per heavy atom. The summed E-state index contributed by atoms with van der Waals surface area (Å²) in [6.07, 6.45) is 3.19. The van der Waals surface area contributed by atoms with Crippen molar-refractivity contribution in [3.63, 3.8) is 0 Å². The number of pyridine rings is 1. The molecule has 10 nitrogen and oxygen atoms in total. The molecule has 0 aliphatic rings. The van der Waals surface area contributed by atoms with E-state index in [2.05, 4.69) is 20.6 Å². The molecule has 4 rings (SSSR count). The molecular weight excluding hydrogens is 448 g/mol. The molecule has 1 atom stereocenters. The van der Waals surface area contributed by atoms with Gasteiger partial charge in [0.05, 0.1) is 19.2 Å². The predicted octanol–water partition coefficient (Wildman–Crippen LogP) is 2.37. The van der Waals surface area contributed by atoms with E-state index in [1.807, 2.05) is 24.3 Å². The minimum Gasteiger partial charge on any atom is -0.497 e.